The highest BCUT2D eigenvalue weighted by molar-refractivity contribution is 7.91. The summed E-state index contributed by atoms with van der Waals surface area (Å²) in [5.74, 6) is 1.63. The SMILES string of the molecule is CC(C)(C)Cc1nc2cc(S(=O)(=O)CC3CCN(S(N)(=O)=O)CC3)ccc2n1CC1CC1. The van der Waals surface area contributed by atoms with Crippen LogP contribution in [0.15, 0.2) is 23.1 Å². The van der Waals surface area contributed by atoms with Crippen molar-refractivity contribution in [2.24, 2.45) is 22.4 Å². The molecule has 178 valence electrons. The van der Waals surface area contributed by atoms with Crippen LogP contribution in [0.25, 0.3) is 11.0 Å². The quantitative estimate of drug-likeness (QED) is 0.651. The normalized spacial score (nSPS) is 19.6. The van der Waals surface area contributed by atoms with Gasteiger partial charge >= 0.3 is 0 Å². The standard InChI is InChI=1S/C22H34N4O4S2/c1-22(2,3)13-21-24-19-12-18(6-7-20(19)26(21)14-16-4-5-16)31(27,28)15-17-8-10-25(11-9-17)32(23,29)30/h6-7,12,16-17H,4-5,8-11,13-15H2,1-3H3,(H2,23,29,30). The minimum absolute atomic E-state index is 0.00853. The summed E-state index contributed by atoms with van der Waals surface area (Å²) in [6, 6.07) is 5.30. The van der Waals surface area contributed by atoms with Gasteiger partial charge in [0.25, 0.3) is 10.2 Å². The van der Waals surface area contributed by atoms with Crippen molar-refractivity contribution in [2.45, 2.75) is 64.3 Å². The average molecular weight is 483 g/mol. The van der Waals surface area contributed by atoms with Crippen molar-refractivity contribution in [3.8, 4) is 0 Å². The van der Waals surface area contributed by atoms with Gasteiger partial charge in [0.15, 0.2) is 9.84 Å². The van der Waals surface area contributed by atoms with Crippen LogP contribution >= 0.6 is 0 Å². The second-order valence-electron chi connectivity index (χ2n) is 10.6. The molecule has 2 fully saturated rings. The van der Waals surface area contributed by atoms with Gasteiger partial charge in [0.05, 0.1) is 21.7 Å². The van der Waals surface area contributed by atoms with Gasteiger partial charge in [0, 0.05) is 26.1 Å². The molecule has 8 nitrogen and oxygen atoms in total. The van der Waals surface area contributed by atoms with Gasteiger partial charge in [0.2, 0.25) is 0 Å². The van der Waals surface area contributed by atoms with Gasteiger partial charge in [-0.25, -0.2) is 18.5 Å². The molecular formula is C22H34N4O4S2. The Morgan fingerprint density at radius 3 is 2.25 bits per heavy atom. The summed E-state index contributed by atoms with van der Waals surface area (Å²) < 4.78 is 52.7. The van der Waals surface area contributed by atoms with Crippen LogP contribution in [0.5, 0.6) is 0 Å². The lowest BCUT2D eigenvalue weighted by atomic mass is 9.92. The second kappa shape index (κ2) is 8.38. The Balaban J connectivity index is 1.56. The van der Waals surface area contributed by atoms with Gasteiger partial charge < -0.3 is 4.57 Å². The van der Waals surface area contributed by atoms with Crippen molar-refractivity contribution in [1.82, 2.24) is 13.9 Å². The molecule has 2 aromatic rings. The number of rotatable bonds is 7. The monoisotopic (exact) mass is 482 g/mol. The van der Waals surface area contributed by atoms with Gasteiger partial charge in [0.1, 0.15) is 5.82 Å². The predicted molar refractivity (Wildman–Crippen MR) is 125 cm³/mol. The van der Waals surface area contributed by atoms with E-state index < -0.39 is 20.0 Å². The molecule has 1 aromatic carbocycles. The first kappa shape index (κ1) is 23.7. The third-order valence-electron chi connectivity index (χ3n) is 6.37. The molecular weight excluding hydrogens is 448 g/mol. The van der Waals surface area contributed by atoms with E-state index in [0.717, 1.165) is 29.8 Å². The molecule has 1 saturated carbocycles. The fourth-order valence-corrected chi connectivity index (χ4v) is 6.89. The van der Waals surface area contributed by atoms with Gasteiger partial charge in [-0.15, -0.1) is 0 Å². The fourth-order valence-electron chi connectivity index (χ4n) is 4.46. The van der Waals surface area contributed by atoms with Gasteiger partial charge in [-0.2, -0.15) is 12.7 Å². The van der Waals surface area contributed by atoms with Crippen LogP contribution in [0, 0.1) is 17.3 Å². The number of hydrogen-bond donors (Lipinski definition) is 1. The first-order valence-electron chi connectivity index (χ1n) is 11.3. The lowest BCUT2D eigenvalue weighted by Gasteiger charge is -2.29. The Hall–Kier alpha value is -1.49. The van der Waals surface area contributed by atoms with E-state index in [1.165, 1.54) is 17.1 Å². The Labute approximate surface area is 191 Å². The number of sulfone groups is 1. The molecule has 4 rings (SSSR count). The molecule has 0 radical (unpaired) electrons. The van der Waals surface area contributed by atoms with Gasteiger partial charge in [-0.05, 0) is 61.1 Å². The van der Waals surface area contributed by atoms with E-state index in [2.05, 4.69) is 25.3 Å². The number of hydrogen-bond acceptors (Lipinski definition) is 5. The van der Waals surface area contributed by atoms with Crippen LogP contribution in [-0.2, 0) is 33.0 Å². The number of piperidine rings is 1. The van der Waals surface area contributed by atoms with E-state index in [4.69, 9.17) is 10.1 Å². The molecule has 2 heterocycles. The molecule has 0 unspecified atom stereocenters. The minimum atomic E-state index is -3.72. The molecule has 0 bridgehead atoms. The number of fused-ring (bicyclic) bond motifs is 1. The number of nitrogens with zero attached hydrogens (tertiary/aromatic N) is 3. The van der Waals surface area contributed by atoms with Crippen molar-refractivity contribution in [3.63, 3.8) is 0 Å². The molecule has 1 saturated heterocycles. The molecule has 0 amide bonds. The Bertz CT molecular complexity index is 1200. The topological polar surface area (TPSA) is 115 Å². The van der Waals surface area contributed by atoms with Gasteiger partial charge in [-0.3, -0.25) is 0 Å². The smallest absolute Gasteiger partial charge is 0.276 e. The zero-order chi connectivity index (χ0) is 23.3. The lowest BCUT2D eigenvalue weighted by molar-refractivity contribution is 0.289. The number of nitrogens with two attached hydrogens (primary N) is 1. The molecule has 10 heteroatoms. The van der Waals surface area contributed by atoms with E-state index in [0.29, 0.717) is 18.8 Å². The fraction of sp³-hybridized carbons (Fsp3) is 0.682. The Morgan fingerprint density at radius 1 is 1.03 bits per heavy atom. The van der Waals surface area contributed by atoms with E-state index in [-0.39, 0.29) is 35.1 Å². The first-order valence-corrected chi connectivity index (χ1v) is 14.5. The van der Waals surface area contributed by atoms with Crippen molar-refractivity contribution in [2.75, 3.05) is 18.8 Å². The molecule has 32 heavy (non-hydrogen) atoms. The molecule has 0 spiro atoms. The average Bonchev–Trinajstić information content (AvgIpc) is 3.42. The van der Waals surface area contributed by atoms with Crippen molar-refractivity contribution in [3.05, 3.63) is 24.0 Å². The van der Waals surface area contributed by atoms with Crippen LogP contribution in [-0.4, -0.2) is 49.5 Å². The lowest BCUT2D eigenvalue weighted by Crippen LogP contribution is -2.43. The van der Waals surface area contributed by atoms with E-state index in [9.17, 15) is 16.8 Å². The number of aromatic nitrogens is 2. The summed E-state index contributed by atoms with van der Waals surface area (Å²) in [5, 5.41) is 5.18. The summed E-state index contributed by atoms with van der Waals surface area (Å²) in [6.07, 6.45) is 4.29. The summed E-state index contributed by atoms with van der Waals surface area (Å²) in [5.41, 5.74) is 1.82. The zero-order valence-corrected chi connectivity index (χ0v) is 20.8. The molecule has 2 N–H and O–H groups in total. The Kier molecular flexibility index (Phi) is 6.19. The molecule has 1 aliphatic carbocycles. The van der Waals surface area contributed by atoms with E-state index in [1.54, 1.807) is 12.1 Å². The number of benzene rings is 1. The van der Waals surface area contributed by atoms with Crippen LogP contribution in [0.1, 0.15) is 52.3 Å². The summed E-state index contributed by atoms with van der Waals surface area (Å²) in [4.78, 5) is 5.14. The highest BCUT2D eigenvalue weighted by Gasteiger charge is 2.30. The molecule has 2 aliphatic rings. The van der Waals surface area contributed by atoms with E-state index >= 15 is 0 Å². The molecule has 1 aromatic heterocycles. The maximum atomic E-state index is 13.1. The van der Waals surface area contributed by atoms with E-state index in [1.807, 2.05) is 6.07 Å². The predicted octanol–water partition coefficient (Wildman–Crippen LogP) is 2.72. The second-order valence-corrected chi connectivity index (χ2v) is 14.2. The van der Waals surface area contributed by atoms with Crippen LogP contribution in [0.4, 0.5) is 0 Å². The largest absolute Gasteiger partial charge is 0.328 e. The third kappa shape index (κ3) is 5.52. The zero-order valence-electron chi connectivity index (χ0n) is 19.1. The van der Waals surface area contributed by atoms with Crippen molar-refractivity contribution >= 4 is 31.1 Å². The van der Waals surface area contributed by atoms with Crippen molar-refractivity contribution in [1.29, 1.82) is 0 Å². The van der Waals surface area contributed by atoms with Gasteiger partial charge in [-0.1, -0.05) is 20.8 Å². The first-order chi connectivity index (χ1) is 14.8. The Morgan fingerprint density at radius 2 is 1.69 bits per heavy atom. The maximum absolute atomic E-state index is 13.1. The summed E-state index contributed by atoms with van der Waals surface area (Å²) in [7, 11) is -7.22. The number of imidazole rings is 1. The molecule has 0 atom stereocenters. The van der Waals surface area contributed by atoms with Crippen LogP contribution in [0.2, 0.25) is 0 Å². The van der Waals surface area contributed by atoms with Crippen molar-refractivity contribution < 1.29 is 16.8 Å². The highest BCUT2D eigenvalue weighted by Crippen LogP contribution is 2.34. The third-order valence-corrected chi connectivity index (χ3v) is 9.34. The molecule has 1 aliphatic heterocycles. The summed E-state index contributed by atoms with van der Waals surface area (Å²) >= 11 is 0. The highest BCUT2D eigenvalue weighted by atomic mass is 32.2. The minimum Gasteiger partial charge on any atom is -0.328 e. The van der Waals surface area contributed by atoms with Crippen LogP contribution < -0.4 is 5.14 Å². The summed E-state index contributed by atoms with van der Waals surface area (Å²) in [6.45, 7) is 8.02. The maximum Gasteiger partial charge on any atom is 0.276 e. The van der Waals surface area contributed by atoms with Crippen LogP contribution in [0.3, 0.4) is 0 Å².